The second-order valence-electron chi connectivity index (χ2n) is 5.59. The topological polar surface area (TPSA) is 42.0 Å². The van der Waals surface area contributed by atoms with Crippen molar-refractivity contribution in [2.45, 2.75) is 31.7 Å². The molecule has 108 valence electrons. The maximum atomic E-state index is 12.5. The first-order valence-corrected chi connectivity index (χ1v) is 7.61. The Bertz CT molecular complexity index is 537. The van der Waals surface area contributed by atoms with Crippen LogP contribution in [0, 0.1) is 5.92 Å². The smallest absolute Gasteiger partial charge is 0.223 e. The zero-order chi connectivity index (χ0) is 14.5. The Balaban J connectivity index is 1.84. The van der Waals surface area contributed by atoms with Crippen molar-refractivity contribution in [1.82, 2.24) is 10.3 Å². The number of rotatable bonds is 4. The van der Waals surface area contributed by atoms with Gasteiger partial charge in [-0.15, -0.1) is 0 Å². The third kappa shape index (κ3) is 3.30. The van der Waals surface area contributed by atoms with Crippen molar-refractivity contribution < 1.29 is 4.79 Å². The molecule has 1 aromatic carbocycles. The van der Waals surface area contributed by atoms with Gasteiger partial charge in [0, 0.05) is 12.1 Å². The lowest BCUT2D eigenvalue weighted by molar-refractivity contribution is -0.125. The average molecular weight is 280 g/mol. The van der Waals surface area contributed by atoms with Gasteiger partial charge in [-0.05, 0) is 30.5 Å². The van der Waals surface area contributed by atoms with Crippen molar-refractivity contribution in [2.24, 2.45) is 5.92 Å². The molecular formula is C18H20N2O. The van der Waals surface area contributed by atoms with Crippen LogP contribution < -0.4 is 5.32 Å². The highest BCUT2D eigenvalue weighted by Gasteiger charge is 2.26. The molecule has 1 aromatic heterocycles. The van der Waals surface area contributed by atoms with E-state index in [0.717, 1.165) is 36.9 Å². The SMILES string of the molecule is O=C(N[C@@H](c1ccccc1)c1ccccn1)C1CCCC1. The molecule has 0 spiro atoms. The third-order valence-electron chi connectivity index (χ3n) is 4.13. The lowest BCUT2D eigenvalue weighted by Gasteiger charge is -2.21. The van der Waals surface area contributed by atoms with E-state index in [-0.39, 0.29) is 17.9 Å². The van der Waals surface area contributed by atoms with Crippen LogP contribution in [-0.4, -0.2) is 10.9 Å². The van der Waals surface area contributed by atoms with Crippen LogP contribution in [-0.2, 0) is 4.79 Å². The number of pyridine rings is 1. The molecule has 0 radical (unpaired) electrons. The average Bonchev–Trinajstić information content (AvgIpc) is 3.09. The highest BCUT2D eigenvalue weighted by atomic mass is 16.1. The molecule has 1 saturated carbocycles. The number of hydrogen-bond acceptors (Lipinski definition) is 2. The van der Waals surface area contributed by atoms with E-state index < -0.39 is 0 Å². The molecule has 0 aliphatic heterocycles. The van der Waals surface area contributed by atoms with Crippen LogP contribution in [0.2, 0.25) is 0 Å². The van der Waals surface area contributed by atoms with E-state index in [4.69, 9.17) is 0 Å². The van der Waals surface area contributed by atoms with E-state index >= 15 is 0 Å². The number of nitrogens with one attached hydrogen (secondary N) is 1. The summed E-state index contributed by atoms with van der Waals surface area (Å²) in [6.45, 7) is 0. The van der Waals surface area contributed by atoms with Crippen molar-refractivity contribution >= 4 is 5.91 Å². The fourth-order valence-corrected chi connectivity index (χ4v) is 2.97. The van der Waals surface area contributed by atoms with Crippen molar-refractivity contribution in [3.05, 3.63) is 66.0 Å². The molecule has 1 fully saturated rings. The predicted molar refractivity (Wildman–Crippen MR) is 82.6 cm³/mol. The molecule has 0 saturated heterocycles. The molecule has 1 N–H and O–H groups in total. The van der Waals surface area contributed by atoms with Crippen molar-refractivity contribution in [2.75, 3.05) is 0 Å². The second-order valence-corrected chi connectivity index (χ2v) is 5.59. The number of hydrogen-bond donors (Lipinski definition) is 1. The summed E-state index contributed by atoms with van der Waals surface area (Å²) >= 11 is 0. The third-order valence-corrected chi connectivity index (χ3v) is 4.13. The highest BCUT2D eigenvalue weighted by Crippen LogP contribution is 2.27. The van der Waals surface area contributed by atoms with E-state index in [2.05, 4.69) is 10.3 Å². The van der Waals surface area contributed by atoms with Crippen LogP contribution in [0.15, 0.2) is 54.7 Å². The Kier molecular flexibility index (Phi) is 4.29. The van der Waals surface area contributed by atoms with Gasteiger partial charge in [0.2, 0.25) is 5.91 Å². The largest absolute Gasteiger partial charge is 0.343 e. The molecule has 1 aliphatic carbocycles. The van der Waals surface area contributed by atoms with Gasteiger partial charge in [-0.3, -0.25) is 9.78 Å². The standard InChI is InChI=1S/C18H20N2O/c21-18(15-10-4-5-11-15)20-17(14-8-2-1-3-9-14)16-12-6-7-13-19-16/h1-3,6-9,12-13,15,17H,4-5,10-11H2,(H,20,21)/t17-/m0/s1. The molecule has 1 aliphatic rings. The molecule has 2 aromatic rings. The number of amides is 1. The zero-order valence-electron chi connectivity index (χ0n) is 12.0. The zero-order valence-corrected chi connectivity index (χ0v) is 12.0. The molecule has 3 heteroatoms. The molecule has 0 bridgehead atoms. The Morgan fingerprint density at radius 1 is 1.05 bits per heavy atom. The van der Waals surface area contributed by atoms with Crippen LogP contribution in [0.1, 0.15) is 43.0 Å². The van der Waals surface area contributed by atoms with E-state index in [0.29, 0.717) is 0 Å². The summed E-state index contributed by atoms with van der Waals surface area (Å²) in [6.07, 6.45) is 6.12. The molecule has 1 heterocycles. The first kappa shape index (κ1) is 13.8. The van der Waals surface area contributed by atoms with E-state index in [9.17, 15) is 4.79 Å². The normalized spacial score (nSPS) is 16.6. The number of nitrogens with zero attached hydrogens (tertiary/aromatic N) is 1. The second kappa shape index (κ2) is 6.53. The minimum Gasteiger partial charge on any atom is -0.343 e. The molecule has 1 atom stereocenters. The minimum atomic E-state index is -0.166. The van der Waals surface area contributed by atoms with E-state index in [1.807, 2.05) is 48.5 Å². The maximum Gasteiger partial charge on any atom is 0.223 e. The van der Waals surface area contributed by atoms with Gasteiger partial charge in [0.1, 0.15) is 0 Å². The highest BCUT2D eigenvalue weighted by molar-refractivity contribution is 5.79. The van der Waals surface area contributed by atoms with Crippen LogP contribution in [0.25, 0.3) is 0 Å². The number of aromatic nitrogens is 1. The van der Waals surface area contributed by atoms with Gasteiger partial charge in [-0.1, -0.05) is 49.2 Å². The fraction of sp³-hybridized carbons (Fsp3) is 0.333. The molecular weight excluding hydrogens is 260 g/mol. The Morgan fingerprint density at radius 3 is 2.43 bits per heavy atom. The minimum absolute atomic E-state index is 0.159. The van der Waals surface area contributed by atoms with Crippen LogP contribution in [0.3, 0.4) is 0 Å². The monoisotopic (exact) mass is 280 g/mol. The molecule has 0 unspecified atom stereocenters. The number of benzene rings is 1. The van der Waals surface area contributed by atoms with Gasteiger partial charge in [0.15, 0.2) is 0 Å². The molecule has 3 nitrogen and oxygen atoms in total. The van der Waals surface area contributed by atoms with Crippen molar-refractivity contribution in [3.8, 4) is 0 Å². The van der Waals surface area contributed by atoms with E-state index in [1.165, 1.54) is 0 Å². The van der Waals surface area contributed by atoms with Gasteiger partial charge in [0.05, 0.1) is 11.7 Å². The van der Waals surface area contributed by atoms with Gasteiger partial charge in [-0.25, -0.2) is 0 Å². The Hall–Kier alpha value is -2.16. The predicted octanol–water partition coefficient (Wildman–Crippen LogP) is 3.48. The lowest BCUT2D eigenvalue weighted by atomic mass is 10.0. The van der Waals surface area contributed by atoms with Gasteiger partial charge in [0.25, 0.3) is 0 Å². The summed E-state index contributed by atoms with van der Waals surface area (Å²) in [5, 5.41) is 3.19. The maximum absolute atomic E-state index is 12.5. The number of carbonyl (C=O) groups is 1. The molecule has 3 rings (SSSR count). The van der Waals surface area contributed by atoms with Crippen LogP contribution in [0.4, 0.5) is 0 Å². The first-order valence-electron chi connectivity index (χ1n) is 7.61. The van der Waals surface area contributed by atoms with Gasteiger partial charge < -0.3 is 5.32 Å². The Labute approximate surface area is 125 Å². The summed E-state index contributed by atoms with van der Waals surface area (Å²) < 4.78 is 0. The molecule has 21 heavy (non-hydrogen) atoms. The summed E-state index contributed by atoms with van der Waals surface area (Å²) in [6, 6.07) is 15.7. The van der Waals surface area contributed by atoms with Crippen molar-refractivity contribution in [3.63, 3.8) is 0 Å². The van der Waals surface area contributed by atoms with Gasteiger partial charge in [-0.2, -0.15) is 0 Å². The van der Waals surface area contributed by atoms with Crippen LogP contribution in [0.5, 0.6) is 0 Å². The Morgan fingerprint density at radius 2 is 1.76 bits per heavy atom. The summed E-state index contributed by atoms with van der Waals surface area (Å²) in [7, 11) is 0. The lowest BCUT2D eigenvalue weighted by Crippen LogP contribution is -2.34. The first-order chi connectivity index (χ1) is 10.3. The summed E-state index contributed by atoms with van der Waals surface area (Å²) in [5.41, 5.74) is 1.96. The van der Waals surface area contributed by atoms with Gasteiger partial charge >= 0.3 is 0 Å². The quantitative estimate of drug-likeness (QED) is 0.931. The molecule has 1 amide bonds. The van der Waals surface area contributed by atoms with Crippen LogP contribution >= 0.6 is 0 Å². The summed E-state index contributed by atoms with van der Waals surface area (Å²) in [5.74, 6) is 0.326. The fourth-order valence-electron chi connectivity index (χ4n) is 2.97. The number of carbonyl (C=O) groups excluding carboxylic acids is 1. The van der Waals surface area contributed by atoms with Crippen molar-refractivity contribution in [1.29, 1.82) is 0 Å². The van der Waals surface area contributed by atoms with E-state index in [1.54, 1.807) is 6.20 Å². The summed E-state index contributed by atoms with van der Waals surface area (Å²) in [4.78, 5) is 16.9.